The summed E-state index contributed by atoms with van der Waals surface area (Å²) in [5.41, 5.74) is 0. The van der Waals surface area contributed by atoms with Gasteiger partial charge in [0, 0.05) is 25.2 Å². The first kappa shape index (κ1) is 13.6. The van der Waals surface area contributed by atoms with Gasteiger partial charge in [-0.05, 0) is 43.9 Å². The molecule has 2 nitrogen and oxygen atoms in total. The Balaban J connectivity index is 1.28. The van der Waals surface area contributed by atoms with Crippen molar-refractivity contribution >= 4 is 0 Å². The average molecular weight is 278 g/mol. The molecule has 0 unspecified atom stereocenters. The van der Waals surface area contributed by atoms with Crippen LogP contribution in [0.2, 0.25) is 0 Å². The molecule has 4 fully saturated rings. The standard InChI is InChI=1S/C18H32N2/c1-14-4-8-19(9-5-14)17-6-10-20(11-7-17)18-13-15-2-3-16(18)12-15/h14-18H,2-13H2,1H3/p+2/t15-,16-,18+/m0/s1. The predicted octanol–water partition coefficient (Wildman–Crippen LogP) is 0.537. The van der Waals surface area contributed by atoms with Crippen LogP contribution in [0, 0.1) is 17.8 Å². The zero-order valence-corrected chi connectivity index (χ0v) is 13.4. The van der Waals surface area contributed by atoms with Gasteiger partial charge in [0.1, 0.15) is 0 Å². The summed E-state index contributed by atoms with van der Waals surface area (Å²) in [6, 6.07) is 2.09. The number of hydrogen-bond donors (Lipinski definition) is 2. The first-order valence-electron chi connectivity index (χ1n) is 9.48. The molecule has 0 aromatic heterocycles. The van der Waals surface area contributed by atoms with Crippen LogP contribution in [-0.4, -0.2) is 38.3 Å². The first-order chi connectivity index (χ1) is 9.79. The van der Waals surface area contributed by atoms with E-state index in [-0.39, 0.29) is 0 Å². The predicted molar refractivity (Wildman–Crippen MR) is 82.0 cm³/mol. The minimum absolute atomic E-state index is 0.999. The van der Waals surface area contributed by atoms with Gasteiger partial charge in [-0.2, -0.15) is 0 Å². The van der Waals surface area contributed by atoms with Crippen molar-refractivity contribution in [1.29, 1.82) is 0 Å². The molecule has 2 bridgehead atoms. The van der Waals surface area contributed by atoms with Crippen LogP contribution in [0.3, 0.4) is 0 Å². The molecule has 2 aliphatic carbocycles. The van der Waals surface area contributed by atoms with Gasteiger partial charge < -0.3 is 9.80 Å². The Bertz CT molecular complexity index is 326. The summed E-state index contributed by atoms with van der Waals surface area (Å²) in [5, 5.41) is 0. The van der Waals surface area contributed by atoms with Crippen LogP contribution >= 0.6 is 0 Å². The lowest BCUT2D eigenvalue weighted by atomic mass is 9.90. The summed E-state index contributed by atoms with van der Waals surface area (Å²) < 4.78 is 0. The topological polar surface area (TPSA) is 8.88 Å². The van der Waals surface area contributed by atoms with Crippen LogP contribution in [0.5, 0.6) is 0 Å². The van der Waals surface area contributed by atoms with Crippen molar-refractivity contribution in [2.75, 3.05) is 26.2 Å². The Morgan fingerprint density at radius 1 is 0.700 bits per heavy atom. The van der Waals surface area contributed by atoms with E-state index >= 15 is 0 Å². The number of fused-ring (bicyclic) bond motifs is 2. The van der Waals surface area contributed by atoms with E-state index in [9.17, 15) is 0 Å². The molecule has 2 saturated carbocycles. The van der Waals surface area contributed by atoms with Gasteiger partial charge in [0.15, 0.2) is 0 Å². The lowest BCUT2D eigenvalue weighted by molar-refractivity contribution is -0.972. The van der Waals surface area contributed by atoms with Crippen LogP contribution in [0.4, 0.5) is 0 Å². The molecular formula is C18H34N2+2. The molecule has 0 amide bonds. The molecule has 2 saturated heterocycles. The van der Waals surface area contributed by atoms with Gasteiger partial charge in [-0.15, -0.1) is 0 Å². The van der Waals surface area contributed by atoms with E-state index in [0.717, 1.165) is 29.8 Å². The zero-order chi connectivity index (χ0) is 13.5. The highest BCUT2D eigenvalue weighted by atomic mass is 15.2. The summed E-state index contributed by atoms with van der Waals surface area (Å²) in [7, 11) is 0. The molecule has 3 atom stereocenters. The highest BCUT2D eigenvalue weighted by Crippen LogP contribution is 2.43. The van der Waals surface area contributed by atoms with Gasteiger partial charge in [0.25, 0.3) is 0 Å². The summed E-state index contributed by atoms with van der Waals surface area (Å²) in [6.45, 7) is 8.37. The molecule has 4 rings (SSSR count). The molecule has 2 N–H and O–H groups in total. The van der Waals surface area contributed by atoms with E-state index in [0.29, 0.717) is 0 Å². The normalized spacial score (nSPS) is 52.4. The van der Waals surface area contributed by atoms with Crippen molar-refractivity contribution in [1.82, 2.24) is 0 Å². The molecule has 0 radical (unpaired) electrons. The molecule has 0 aromatic carbocycles. The second kappa shape index (κ2) is 5.61. The molecule has 4 aliphatic rings. The fraction of sp³-hybridized carbons (Fsp3) is 1.00. The van der Waals surface area contributed by atoms with Crippen molar-refractivity contribution in [2.45, 2.75) is 70.4 Å². The van der Waals surface area contributed by atoms with E-state index in [2.05, 4.69) is 6.92 Å². The number of piperidine rings is 2. The number of rotatable bonds is 2. The second-order valence-electron chi connectivity index (χ2n) is 8.55. The molecule has 2 heterocycles. The average Bonchev–Trinajstić information content (AvgIpc) is 3.11. The van der Waals surface area contributed by atoms with Gasteiger partial charge in [-0.1, -0.05) is 6.92 Å². The fourth-order valence-electron chi connectivity index (χ4n) is 6.05. The third-order valence-electron chi connectivity index (χ3n) is 7.38. The molecule has 2 heteroatoms. The summed E-state index contributed by atoms with van der Waals surface area (Å²) in [5.74, 6) is 3.25. The Kier molecular flexibility index (Phi) is 3.80. The molecular weight excluding hydrogens is 244 g/mol. The Morgan fingerprint density at radius 2 is 1.40 bits per heavy atom. The van der Waals surface area contributed by atoms with Crippen molar-refractivity contribution in [3.63, 3.8) is 0 Å². The maximum atomic E-state index is 2.44. The largest absolute Gasteiger partial charge is 0.332 e. The van der Waals surface area contributed by atoms with Gasteiger partial charge in [0.05, 0.1) is 38.3 Å². The van der Waals surface area contributed by atoms with E-state index in [1.54, 1.807) is 25.7 Å². The maximum absolute atomic E-state index is 2.44. The van der Waals surface area contributed by atoms with Crippen LogP contribution in [0.25, 0.3) is 0 Å². The van der Waals surface area contributed by atoms with Crippen LogP contribution in [-0.2, 0) is 0 Å². The summed E-state index contributed by atoms with van der Waals surface area (Å²) in [6.07, 6.45) is 12.3. The molecule has 114 valence electrons. The highest BCUT2D eigenvalue weighted by molar-refractivity contribution is 4.90. The SMILES string of the molecule is CC1CC[NH+](C2CC[NH+]([C@@H]3C[C@H]4CC[C@H]3C4)CC2)CC1. The summed E-state index contributed by atoms with van der Waals surface area (Å²) in [4.78, 5) is 3.98. The van der Waals surface area contributed by atoms with Crippen molar-refractivity contribution in [3.8, 4) is 0 Å². The summed E-state index contributed by atoms with van der Waals surface area (Å²) >= 11 is 0. The monoisotopic (exact) mass is 278 g/mol. The van der Waals surface area contributed by atoms with E-state index in [1.165, 1.54) is 51.9 Å². The molecule has 0 spiro atoms. The quantitative estimate of drug-likeness (QED) is 0.729. The molecule has 20 heavy (non-hydrogen) atoms. The number of likely N-dealkylation sites (tertiary alicyclic amines) is 2. The Hall–Kier alpha value is -0.0800. The van der Waals surface area contributed by atoms with Gasteiger partial charge in [-0.3, -0.25) is 0 Å². The third-order valence-corrected chi connectivity index (χ3v) is 7.38. The minimum atomic E-state index is 0.999. The van der Waals surface area contributed by atoms with Gasteiger partial charge in [0.2, 0.25) is 0 Å². The van der Waals surface area contributed by atoms with Crippen molar-refractivity contribution < 1.29 is 9.80 Å². The number of nitrogens with one attached hydrogen (secondary N) is 2. The molecule has 0 aromatic rings. The maximum Gasteiger partial charge on any atom is 0.0983 e. The lowest BCUT2D eigenvalue weighted by Crippen LogP contribution is -3.22. The number of quaternary nitrogens is 2. The van der Waals surface area contributed by atoms with E-state index in [4.69, 9.17) is 0 Å². The highest BCUT2D eigenvalue weighted by Gasteiger charge is 2.46. The Morgan fingerprint density at radius 3 is 2.00 bits per heavy atom. The van der Waals surface area contributed by atoms with E-state index < -0.39 is 0 Å². The van der Waals surface area contributed by atoms with Gasteiger partial charge in [-0.25, -0.2) is 0 Å². The van der Waals surface area contributed by atoms with Crippen molar-refractivity contribution in [2.24, 2.45) is 17.8 Å². The minimum Gasteiger partial charge on any atom is -0.332 e. The van der Waals surface area contributed by atoms with Crippen LogP contribution in [0.1, 0.15) is 58.3 Å². The molecule has 2 aliphatic heterocycles. The second-order valence-corrected chi connectivity index (χ2v) is 8.55. The third kappa shape index (κ3) is 2.54. The lowest BCUT2D eigenvalue weighted by Gasteiger charge is -2.40. The fourth-order valence-corrected chi connectivity index (χ4v) is 6.05. The zero-order valence-electron chi connectivity index (χ0n) is 13.4. The van der Waals surface area contributed by atoms with Crippen molar-refractivity contribution in [3.05, 3.63) is 0 Å². The first-order valence-corrected chi connectivity index (χ1v) is 9.48. The Labute approximate surface area is 124 Å². The van der Waals surface area contributed by atoms with E-state index in [1.807, 2.05) is 9.80 Å². The van der Waals surface area contributed by atoms with Gasteiger partial charge >= 0.3 is 0 Å². The smallest absolute Gasteiger partial charge is 0.0983 e. The van der Waals surface area contributed by atoms with Crippen LogP contribution < -0.4 is 9.80 Å². The van der Waals surface area contributed by atoms with Crippen LogP contribution in [0.15, 0.2) is 0 Å². The number of hydrogen-bond acceptors (Lipinski definition) is 0.